The zero-order valence-electron chi connectivity index (χ0n) is 30.6. The monoisotopic (exact) mass is 717 g/mol. The second-order valence-electron chi connectivity index (χ2n) is 14.1. The van der Waals surface area contributed by atoms with Crippen molar-refractivity contribution in [3.8, 4) is 67.5 Å². The van der Waals surface area contributed by atoms with Crippen molar-refractivity contribution in [2.45, 2.75) is 0 Å². The van der Waals surface area contributed by atoms with Gasteiger partial charge < -0.3 is 4.42 Å². The predicted molar refractivity (Wildman–Crippen MR) is 239 cm³/mol. The Bertz CT molecular complexity index is 3020. The van der Waals surface area contributed by atoms with Crippen molar-refractivity contribution in [3.05, 3.63) is 164 Å². The van der Waals surface area contributed by atoms with Gasteiger partial charge in [0.15, 0.2) is 17.5 Å². The maximum atomic E-state index is 7.00. The number of furan rings is 1. The number of nitrogens with zero attached hydrogens (tertiary/aromatic N) is 3. The minimum atomic E-state index is 0.217. The molecule has 0 spiro atoms. The van der Waals surface area contributed by atoms with E-state index in [1.165, 1.54) is 0 Å². The van der Waals surface area contributed by atoms with E-state index >= 15 is 0 Å². The molecule has 0 fully saturated rings. The maximum Gasteiger partial charge on any atom is 0.164 e. The largest absolute Gasteiger partial charge is 0.456 e. The van der Waals surface area contributed by atoms with Crippen LogP contribution in [0.25, 0.3) is 100 Å². The van der Waals surface area contributed by atoms with Gasteiger partial charge in [0.25, 0.3) is 0 Å². The van der Waals surface area contributed by atoms with E-state index in [4.69, 9.17) is 50.8 Å². The van der Waals surface area contributed by atoms with Crippen molar-refractivity contribution < 1.29 is 4.42 Å². The van der Waals surface area contributed by atoms with Crippen molar-refractivity contribution in [2.24, 2.45) is 0 Å². The van der Waals surface area contributed by atoms with Crippen LogP contribution in [0.5, 0.6) is 0 Å². The first-order valence-electron chi connectivity index (χ1n) is 18.6. The molecule has 0 aliphatic carbocycles. The molecule has 0 amide bonds. The summed E-state index contributed by atoms with van der Waals surface area (Å²) in [5, 5.41) is 3.97. The molecule has 2 heterocycles. The average molecular weight is 717 g/mol. The molecule has 256 valence electrons. The Morgan fingerprint density at radius 2 is 0.789 bits per heavy atom. The Hall–Kier alpha value is -6.91. The summed E-state index contributed by atoms with van der Waals surface area (Å²) in [6, 6.07) is 54.8. The molecule has 0 saturated carbocycles. The minimum Gasteiger partial charge on any atom is -0.456 e. The highest BCUT2D eigenvalue weighted by Crippen LogP contribution is 2.38. The van der Waals surface area contributed by atoms with Crippen LogP contribution < -0.4 is 21.9 Å². The van der Waals surface area contributed by atoms with Crippen molar-refractivity contribution in [3.63, 3.8) is 0 Å². The summed E-state index contributed by atoms with van der Waals surface area (Å²) in [6.07, 6.45) is 0. The van der Waals surface area contributed by atoms with Crippen LogP contribution in [0.4, 0.5) is 0 Å². The molecule has 0 aliphatic heterocycles. The van der Waals surface area contributed by atoms with Crippen LogP contribution in [0.15, 0.2) is 168 Å². The summed E-state index contributed by atoms with van der Waals surface area (Å²) in [6.45, 7) is 0. The summed E-state index contributed by atoms with van der Waals surface area (Å²) < 4.78 is 6.36. The molecule has 57 heavy (non-hydrogen) atoms. The summed E-state index contributed by atoms with van der Waals surface area (Å²) >= 11 is 0. The standard InChI is InChI=1S/C49H27B4N3O/c50-43-41(36-16-9-17-38-40(36)37-26-34-14-7-8-15-35(34)27-39(37)57-38)44(51)46(53)42(45(43)52)49-55-47(32-22-18-30(19-23-32)28-10-3-1-4-11-28)54-48(56-49)33-24-20-31(21-25-33)29-12-5-2-6-13-29/h1-27H. The van der Waals surface area contributed by atoms with Crippen LogP contribution in [0.2, 0.25) is 0 Å². The Morgan fingerprint density at radius 3 is 1.33 bits per heavy atom. The molecule has 0 saturated heterocycles. The zero-order chi connectivity index (χ0) is 38.6. The highest BCUT2D eigenvalue weighted by Gasteiger charge is 2.22. The second-order valence-corrected chi connectivity index (χ2v) is 14.1. The van der Waals surface area contributed by atoms with Gasteiger partial charge in [0.2, 0.25) is 0 Å². The molecule has 10 aromatic rings. The zero-order valence-corrected chi connectivity index (χ0v) is 30.6. The van der Waals surface area contributed by atoms with Gasteiger partial charge >= 0.3 is 0 Å². The lowest BCUT2D eigenvalue weighted by Gasteiger charge is -2.23. The number of hydrogen-bond acceptors (Lipinski definition) is 4. The molecule has 0 N–H and O–H groups in total. The third-order valence-corrected chi connectivity index (χ3v) is 10.6. The van der Waals surface area contributed by atoms with Gasteiger partial charge in [0.05, 0.1) is 0 Å². The SMILES string of the molecule is [B]c1c([B])c(-c2cccc3oc4cc5ccccc5cc4c23)c([B])c([B])c1-c1nc(-c2ccc(-c3ccccc3)cc2)nc(-c2ccc(-c3ccccc3)cc2)n1. The first-order chi connectivity index (χ1) is 27.9. The highest BCUT2D eigenvalue weighted by molar-refractivity contribution is 6.62. The predicted octanol–water partition coefficient (Wildman–Crippen LogP) is 8.10. The van der Waals surface area contributed by atoms with Crippen LogP contribution in [0, 0.1) is 0 Å². The molecule has 8 radical (unpaired) electrons. The molecule has 10 rings (SSSR count). The van der Waals surface area contributed by atoms with E-state index in [9.17, 15) is 0 Å². The van der Waals surface area contributed by atoms with Gasteiger partial charge in [-0.05, 0) is 62.4 Å². The van der Waals surface area contributed by atoms with Crippen molar-refractivity contribution in [1.29, 1.82) is 0 Å². The summed E-state index contributed by atoms with van der Waals surface area (Å²) in [5.74, 6) is 1.15. The van der Waals surface area contributed by atoms with Crippen molar-refractivity contribution in [2.75, 3.05) is 0 Å². The van der Waals surface area contributed by atoms with E-state index < -0.39 is 0 Å². The third-order valence-electron chi connectivity index (χ3n) is 10.6. The quantitative estimate of drug-likeness (QED) is 0.163. The van der Waals surface area contributed by atoms with Crippen molar-refractivity contribution >= 4 is 85.9 Å². The third kappa shape index (κ3) is 6.05. The Labute approximate surface area is 335 Å². The van der Waals surface area contributed by atoms with Gasteiger partial charge in [-0.15, -0.1) is 0 Å². The van der Waals surface area contributed by atoms with Crippen molar-refractivity contribution in [1.82, 2.24) is 15.0 Å². The number of hydrogen-bond donors (Lipinski definition) is 0. The van der Waals surface area contributed by atoms with Gasteiger partial charge in [-0.2, -0.15) is 0 Å². The van der Waals surface area contributed by atoms with E-state index in [1.807, 2.05) is 97.1 Å². The van der Waals surface area contributed by atoms with E-state index in [2.05, 4.69) is 66.7 Å². The van der Waals surface area contributed by atoms with Crippen LogP contribution in [-0.4, -0.2) is 46.3 Å². The average Bonchev–Trinajstić information content (AvgIpc) is 3.63. The van der Waals surface area contributed by atoms with E-state index in [0.717, 1.165) is 66.1 Å². The topological polar surface area (TPSA) is 51.8 Å². The Balaban J connectivity index is 1.14. The van der Waals surface area contributed by atoms with E-state index in [-0.39, 0.29) is 27.7 Å². The number of rotatable bonds is 6. The van der Waals surface area contributed by atoms with Gasteiger partial charge in [0.1, 0.15) is 42.6 Å². The molecular weight excluding hydrogens is 690 g/mol. The lowest BCUT2D eigenvalue weighted by molar-refractivity contribution is 0.669. The van der Waals surface area contributed by atoms with E-state index in [0.29, 0.717) is 28.4 Å². The van der Waals surface area contributed by atoms with Crippen LogP contribution in [0.3, 0.4) is 0 Å². The Morgan fingerprint density at radius 1 is 0.351 bits per heavy atom. The second kappa shape index (κ2) is 14.0. The first kappa shape index (κ1) is 34.6. The van der Waals surface area contributed by atoms with Gasteiger partial charge in [-0.3, -0.25) is 0 Å². The Kier molecular flexibility index (Phi) is 8.48. The molecule has 4 nitrogen and oxygen atoms in total. The molecule has 0 aliphatic rings. The maximum absolute atomic E-state index is 7.00. The van der Waals surface area contributed by atoms with Gasteiger partial charge in [0, 0.05) is 27.5 Å². The lowest BCUT2D eigenvalue weighted by atomic mass is 9.63. The van der Waals surface area contributed by atoms with E-state index in [1.54, 1.807) is 0 Å². The van der Waals surface area contributed by atoms with Crippen LogP contribution in [-0.2, 0) is 0 Å². The fourth-order valence-electron chi connectivity index (χ4n) is 7.71. The molecule has 0 bridgehead atoms. The smallest absolute Gasteiger partial charge is 0.164 e. The fourth-order valence-corrected chi connectivity index (χ4v) is 7.71. The number of aromatic nitrogens is 3. The normalized spacial score (nSPS) is 11.4. The molecule has 0 atom stereocenters. The van der Waals surface area contributed by atoms with Gasteiger partial charge in [-0.25, -0.2) is 15.0 Å². The summed E-state index contributed by atoms with van der Waals surface area (Å²) in [4.78, 5) is 14.9. The summed E-state index contributed by atoms with van der Waals surface area (Å²) in [5.41, 5.74) is 9.99. The van der Waals surface area contributed by atoms with Crippen LogP contribution in [0.1, 0.15) is 0 Å². The molecular formula is C49H27B4N3O. The summed E-state index contributed by atoms with van der Waals surface area (Å²) in [7, 11) is 28.0. The molecule has 2 aromatic heterocycles. The highest BCUT2D eigenvalue weighted by atomic mass is 16.3. The molecule has 8 heteroatoms. The molecule has 8 aromatic carbocycles. The fraction of sp³-hybridized carbons (Fsp3) is 0. The number of fused-ring (bicyclic) bond motifs is 4. The van der Waals surface area contributed by atoms with Crippen LogP contribution >= 0.6 is 0 Å². The first-order valence-corrected chi connectivity index (χ1v) is 18.6. The minimum absolute atomic E-state index is 0.217. The number of benzene rings is 8. The molecule has 0 unspecified atom stereocenters. The lowest BCUT2D eigenvalue weighted by Crippen LogP contribution is -2.44. The van der Waals surface area contributed by atoms with Gasteiger partial charge in [-0.1, -0.05) is 167 Å².